The molecular formula is C31H38N2O5. The van der Waals surface area contributed by atoms with Crippen molar-refractivity contribution in [2.45, 2.75) is 64.0 Å². The molecule has 6 rings (SSSR count). The van der Waals surface area contributed by atoms with E-state index in [1.807, 2.05) is 6.07 Å². The zero-order valence-electron chi connectivity index (χ0n) is 22.2. The Labute approximate surface area is 224 Å². The number of likely N-dealkylation sites (tertiary alicyclic amines) is 2. The van der Waals surface area contributed by atoms with Crippen molar-refractivity contribution in [2.24, 2.45) is 29.6 Å². The molecule has 3 saturated heterocycles. The number of piperidine rings is 1. The molecule has 0 aromatic heterocycles. The van der Waals surface area contributed by atoms with Gasteiger partial charge in [-0.1, -0.05) is 56.3 Å². The van der Waals surface area contributed by atoms with Crippen molar-refractivity contribution in [3.63, 3.8) is 0 Å². The topological polar surface area (TPSA) is 90.3 Å². The quantitative estimate of drug-likeness (QED) is 0.580. The van der Waals surface area contributed by atoms with Crippen molar-refractivity contribution in [3.05, 3.63) is 65.7 Å². The van der Waals surface area contributed by atoms with Crippen LogP contribution < -0.4 is 0 Å². The summed E-state index contributed by atoms with van der Waals surface area (Å²) in [5.74, 6) is -2.98. The number of ether oxygens (including phenoxy) is 1. The van der Waals surface area contributed by atoms with Gasteiger partial charge in [-0.2, -0.15) is 0 Å². The van der Waals surface area contributed by atoms with E-state index < -0.39 is 23.5 Å². The van der Waals surface area contributed by atoms with Gasteiger partial charge in [0.2, 0.25) is 11.8 Å². The molecule has 7 nitrogen and oxygen atoms in total. The van der Waals surface area contributed by atoms with E-state index in [4.69, 9.17) is 4.74 Å². The molecule has 4 aliphatic rings. The second kappa shape index (κ2) is 9.78. The van der Waals surface area contributed by atoms with Crippen molar-refractivity contribution in [2.75, 3.05) is 13.1 Å². The fourth-order valence-electron chi connectivity index (χ4n) is 7.63. The maximum absolute atomic E-state index is 14.0. The molecule has 0 unspecified atom stereocenters. The number of nitrogens with zero attached hydrogens (tertiary/aromatic N) is 2. The second-order valence-corrected chi connectivity index (χ2v) is 12.0. The van der Waals surface area contributed by atoms with Crippen LogP contribution in [0.4, 0.5) is 0 Å². The van der Waals surface area contributed by atoms with Gasteiger partial charge in [0.25, 0.3) is 0 Å². The number of aliphatic hydroxyl groups is 1. The highest BCUT2D eigenvalue weighted by Crippen LogP contribution is 2.60. The maximum atomic E-state index is 14.0. The monoisotopic (exact) mass is 518 g/mol. The van der Waals surface area contributed by atoms with E-state index in [1.54, 1.807) is 29.2 Å². The number of carbonyl (C=O) groups excluding carboxylic acids is 2. The largest absolute Gasteiger partial charge is 0.508 e. The second-order valence-electron chi connectivity index (χ2n) is 12.0. The Bertz CT molecular complexity index is 1180. The lowest BCUT2D eigenvalue weighted by Crippen LogP contribution is -2.55. The first kappa shape index (κ1) is 25.5. The highest BCUT2D eigenvalue weighted by molar-refractivity contribution is 6.06. The Balaban J connectivity index is 1.21. The number of phenolic OH excluding ortho intramolecular Hbond substituents is 1. The maximum Gasteiger partial charge on any atom is 0.233 e. The minimum atomic E-state index is -1.46. The van der Waals surface area contributed by atoms with E-state index in [2.05, 4.69) is 43.0 Å². The number of hydrogen-bond acceptors (Lipinski definition) is 6. The van der Waals surface area contributed by atoms with Gasteiger partial charge in [0.05, 0.1) is 17.9 Å². The number of carbonyl (C=O) groups is 2. The highest BCUT2D eigenvalue weighted by atomic mass is 16.6. The van der Waals surface area contributed by atoms with Gasteiger partial charge in [-0.05, 0) is 54.9 Å². The summed E-state index contributed by atoms with van der Waals surface area (Å²) in [4.78, 5) is 31.7. The SMILES string of the molecule is CC(C)[C@H]1C[C@@H]2C(=O)N(C3CCN(Cc4ccccc4)CC3)C(=O)[C@@H]2[C@@H]2C[C@@H](c3ccc(O)cc3)O[C@]12O. The Morgan fingerprint density at radius 1 is 0.974 bits per heavy atom. The van der Waals surface area contributed by atoms with E-state index in [9.17, 15) is 19.8 Å². The molecule has 2 aromatic rings. The summed E-state index contributed by atoms with van der Waals surface area (Å²) >= 11 is 0. The smallest absolute Gasteiger partial charge is 0.233 e. The number of phenols is 1. The van der Waals surface area contributed by atoms with Crippen LogP contribution in [0.25, 0.3) is 0 Å². The molecule has 7 heteroatoms. The van der Waals surface area contributed by atoms with Gasteiger partial charge in [0, 0.05) is 37.5 Å². The number of hydrogen-bond donors (Lipinski definition) is 2. The van der Waals surface area contributed by atoms with Gasteiger partial charge in [0.1, 0.15) is 5.75 Å². The summed E-state index contributed by atoms with van der Waals surface area (Å²) in [6.45, 7) is 6.68. The third kappa shape index (κ3) is 4.25. The number of rotatable bonds is 5. The fraction of sp³-hybridized carbons (Fsp3) is 0.548. The summed E-state index contributed by atoms with van der Waals surface area (Å²) < 4.78 is 6.38. The third-order valence-corrected chi connectivity index (χ3v) is 9.55. The summed E-state index contributed by atoms with van der Waals surface area (Å²) in [6.07, 6.45) is 2.11. The van der Waals surface area contributed by atoms with E-state index >= 15 is 0 Å². The normalized spacial score (nSPS) is 34.1. The van der Waals surface area contributed by atoms with Crippen molar-refractivity contribution in [1.82, 2.24) is 9.80 Å². The number of amides is 2. The number of imide groups is 1. The van der Waals surface area contributed by atoms with E-state index in [1.165, 1.54) is 5.56 Å². The Morgan fingerprint density at radius 3 is 2.32 bits per heavy atom. The molecule has 4 fully saturated rings. The van der Waals surface area contributed by atoms with Crippen LogP contribution in [0.2, 0.25) is 0 Å². The molecule has 0 bridgehead atoms. The van der Waals surface area contributed by atoms with Gasteiger partial charge in [0.15, 0.2) is 5.79 Å². The Morgan fingerprint density at radius 2 is 1.66 bits per heavy atom. The van der Waals surface area contributed by atoms with Crippen LogP contribution in [0.5, 0.6) is 5.75 Å². The van der Waals surface area contributed by atoms with Gasteiger partial charge >= 0.3 is 0 Å². The molecule has 1 aliphatic carbocycles. The van der Waals surface area contributed by atoms with E-state index in [-0.39, 0.29) is 41.5 Å². The third-order valence-electron chi connectivity index (χ3n) is 9.55. The van der Waals surface area contributed by atoms with Crippen LogP contribution in [0.1, 0.15) is 56.8 Å². The van der Waals surface area contributed by atoms with Crippen LogP contribution in [0.15, 0.2) is 54.6 Å². The standard InChI is InChI=1S/C31H38N2O5/c1-19(2)25-16-24-28(26-17-27(38-31(25,26)37)21-8-10-23(34)11-9-21)30(36)33(29(24)35)22-12-14-32(15-13-22)18-20-6-4-3-5-7-20/h3-11,19,22,24-28,34,37H,12-18H2,1-2H3/t24-,25+,26-,27-,28-,31+/m0/s1. The number of fused-ring (bicyclic) bond motifs is 3. The summed E-state index contributed by atoms with van der Waals surface area (Å²) in [6, 6.07) is 17.1. The van der Waals surface area contributed by atoms with E-state index in [0.717, 1.165) is 38.0 Å². The Kier molecular flexibility index (Phi) is 6.57. The van der Waals surface area contributed by atoms with Crippen molar-refractivity contribution in [3.8, 4) is 5.75 Å². The number of benzene rings is 2. The fourth-order valence-corrected chi connectivity index (χ4v) is 7.63. The first-order valence-electron chi connectivity index (χ1n) is 14.1. The molecule has 0 spiro atoms. The minimum absolute atomic E-state index is 0.0534. The molecule has 38 heavy (non-hydrogen) atoms. The van der Waals surface area contributed by atoms with Gasteiger partial charge in [-0.3, -0.25) is 19.4 Å². The van der Waals surface area contributed by atoms with E-state index in [0.29, 0.717) is 12.8 Å². The minimum Gasteiger partial charge on any atom is -0.508 e. The van der Waals surface area contributed by atoms with Crippen LogP contribution in [0.3, 0.4) is 0 Å². The van der Waals surface area contributed by atoms with Crippen LogP contribution in [-0.4, -0.2) is 56.7 Å². The lowest BCUT2D eigenvalue weighted by atomic mass is 9.62. The predicted octanol–water partition coefficient (Wildman–Crippen LogP) is 4.10. The molecule has 202 valence electrons. The molecular weight excluding hydrogens is 480 g/mol. The van der Waals surface area contributed by atoms with Gasteiger partial charge < -0.3 is 14.9 Å². The number of aromatic hydroxyl groups is 1. The van der Waals surface area contributed by atoms with Crippen molar-refractivity contribution in [1.29, 1.82) is 0 Å². The summed E-state index contributed by atoms with van der Waals surface area (Å²) in [5.41, 5.74) is 2.14. The van der Waals surface area contributed by atoms with Crippen LogP contribution >= 0.6 is 0 Å². The molecule has 2 amide bonds. The van der Waals surface area contributed by atoms with Crippen LogP contribution in [0, 0.1) is 29.6 Å². The molecule has 2 aromatic carbocycles. The van der Waals surface area contributed by atoms with Gasteiger partial charge in [-0.15, -0.1) is 0 Å². The highest BCUT2D eigenvalue weighted by Gasteiger charge is 2.67. The van der Waals surface area contributed by atoms with Crippen molar-refractivity contribution >= 4 is 11.8 Å². The molecule has 3 aliphatic heterocycles. The summed E-state index contributed by atoms with van der Waals surface area (Å²) in [7, 11) is 0. The Hall–Kier alpha value is -2.74. The molecule has 6 atom stereocenters. The lowest BCUT2D eigenvalue weighted by Gasteiger charge is -2.46. The first-order valence-corrected chi connectivity index (χ1v) is 14.1. The van der Waals surface area contributed by atoms with Crippen LogP contribution in [-0.2, 0) is 20.9 Å². The zero-order chi connectivity index (χ0) is 26.6. The summed E-state index contributed by atoms with van der Waals surface area (Å²) in [5, 5.41) is 21.7. The first-order chi connectivity index (χ1) is 18.3. The molecule has 3 heterocycles. The van der Waals surface area contributed by atoms with Gasteiger partial charge in [-0.25, -0.2) is 0 Å². The molecule has 2 N–H and O–H groups in total. The lowest BCUT2D eigenvalue weighted by molar-refractivity contribution is -0.276. The average molecular weight is 519 g/mol. The average Bonchev–Trinajstić information content (AvgIpc) is 3.38. The zero-order valence-corrected chi connectivity index (χ0v) is 22.2. The predicted molar refractivity (Wildman–Crippen MR) is 142 cm³/mol. The van der Waals surface area contributed by atoms with Crippen molar-refractivity contribution < 1.29 is 24.5 Å². The molecule has 0 radical (unpaired) electrons. The molecule has 1 saturated carbocycles.